The van der Waals surface area contributed by atoms with Crippen LogP contribution < -0.4 is 9.62 Å². The van der Waals surface area contributed by atoms with E-state index in [1.807, 2.05) is 24.3 Å². The molecule has 2 aromatic rings. The SMILES string of the molecule is C[NH+](C)Cc1ccc(CNS(=O)(=O)c2cc(Cl)ccc2Cl)cc1. The van der Waals surface area contributed by atoms with E-state index in [0.29, 0.717) is 5.02 Å². The van der Waals surface area contributed by atoms with Crippen LogP contribution in [-0.2, 0) is 23.1 Å². The molecular weight excluding hydrogens is 355 g/mol. The van der Waals surface area contributed by atoms with Crippen molar-refractivity contribution in [3.63, 3.8) is 0 Å². The largest absolute Gasteiger partial charge is 0.336 e. The van der Waals surface area contributed by atoms with Crippen LogP contribution in [0.4, 0.5) is 0 Å². The Hall–Kier alpha value is -1.11. The van der Waals surface area contributed by atoms with E-state index in [9.17, 15) is 8.42 Å². The molecule has 2 aromatic carbocycles. The Labute approximate surface area is 147 Å². The van der Waals surface area contributed by atoms with Gasteiger partial charge in [0.2, 0.25) is 10.0 Å². The molecule has 4 nitrogen and oxygen atoms in total. The highest BCUT2D eigenvalue weighted by Gasteiger charge is 2.18. The van der Waals surface area contributed by atoms with Gasteiger partial charge < -0.3 is 4.90 Å². The van der Waals surface area contributed by atoms with Crippen LogP contribution in [0.5, 0.6) is 0 Å². The second kappa shape index (κ2) is 7.64. The number of halogens is 2. The van der Waals surface area contributed by atoms with Crippen molar-refractivity contribution >= 4 is 33.2 Å². The van der Waals surface area contributed by atoms with E-state index in [1.54, 1.807) is 6.07 Å². The lowest BCUT2D eigenvalue weighted by molar-refractivity contribution is -0.872. The van der Waals surface area contributed by atoms with Crippen molar-refractivity contribution in [2.24, 2.45) is 0 Å². The van der Waals surface area contributed by atoms with E-state index in [1.165, 1.54) is 22.6 Å². The zero-order valence-corrected chi connectivity index (χ0v) is 15.3. The van der Waals surface area contributed by atoms with Crippen molar-refractivity contribution in [3.05, 3.63) is 63.6 Å². The second-order valence-electron chi connectivity index (χ2n) is 5.60. The Morgan fingerprint density at radius 1 is 1.00 bits per heavy atom. The number of quaternary nitrogens is 1. The molecular formula is C16H19Cl2N2O2S+. The molecule has 0 spiro atoms. The maximum absolute atomic E-state index is 12.3. The average molecular weight is 374 g/mol. The normalized spacial score (nSPS) is 11.9. The first-order chi connectivity index (χ1) is 10.8. The van der Waals surface area contributed by atoms with Gasteiger partial charge in [0, 0.05) is 17.1 Å². The minimum atomic E-state index is -3.71. The first kappa shape index (κ1) is 18.2. The molecule has 0 bridgehead atoms. The lowest BCUT2D eigenvalue weighted by Crippen LogP contribution is -3.04. The number of hydrogen-bond acceptors (Lipinski definition) is 2. The van der Waals surface area contributed by atoms with Crippen molar-refractivity contribution in [3.8, 4) is 0 Å². The summed E-state index contributed by atoms with van der Waals surface area (Å²) in [6, 6.07) is 12.2. The van der Waals surface area contributed by atoms with Gasteiger partial charge in [0.1, 0.15) is 11.4 Å². The van der Waals surface area contributed by atoms with Crippen LogP contribution in [0, 0.1) is 0 Å². The molecule has 2 N–H and O–H groups in total. The molecule has 0 saturated carbocycles. The van der Waals surface area contributed by atoms with Gasteiger partial charge in [-0.05, 0) is 23.8 Å². The summed E-state index contributed by atoms with van der Waals surface area (Å²) in [5, 5.41) is 0.469. The topological polar surface area (TPSA) is 50.6 Å². The molecule has 0 unspecified atom stereocenters. The zero-order valence-electron chi connectivity index (χ0n) is 12.9. The molecule has 7 heteroatoms. The third-order valence-corrected chi connectivity index (χ3v) is 5.35. The minimum absolute atomic E-state index is 0.0144. The van der Waals surface area contributed by atoms with E-state index in [2.05, 4.69) is 18.8 Å². The van der Waals surface area contributed by atoms with Crippen molar-refractivity contribution < 1.29 is 13.3 Å². The highest BCUT2D eigenvalue weighted by atomic mass is 35.5. The summed E-state index contributed by atoms with van der Waals surface area (Å²) in [6.07, 6.45) is 0. The maximum Gasteiger partial charge on any atom is 0.242 e. The molecule has 0 amide bonds. The summed E-state index contributed by atoms with van der Waals surface area (Å²) >= 11 is 11.8. The fraction of sp³-hybridized carbons (Fsp3) is 0.250. The van der Waals surface area contributed by atoms with Crippen LogP contribution >= 0.6 is 23.2 Å². The molecule has 0 aromatic heterocycles. The fourth-order valence-corrected chi connectivity index (χ4v) is 3.90. The van der Waals surface area contributed by atoms with Gasteiger partial charge in [-0.1, -0.05) is 47.5 Å². The van der Waals surface area contributed by atoms with E-state index in [0.717, 1.165) is 12.1 Å². The Morgan fingerprint density at radius 3 is 2.22 bits per heavy atom. The summed E-state index contributed by atoms with van der Waals surface area (Å²) in [5.74, 6) is 0. The highest BCUT2D eigenvalue weighted by molar-refractivity contribution is 7.89. The molecule has 0 aliphatic heterocycles. The van der Waals surface area contributed by atoms with Gasteiger partial charge in [-0.15, -0.1) is 0 Å². The van der Waals surface area contributed by atoms with Gasteiger partial charge in [-0.2, -0.15) is 0 Å². The average Bonchev–Trinajstić information content (AvgIpc) is 2.48. The van der Waals surface area contributed by atoms with Crippen molar-refractivity contribution in [1.29, 1.82) is 0 Å². The van der Waals surface area contributed by atoms with Gasteiger partial charge >= 0.3 is 0 Å². The van der Waals surface area contributed by atoms with Crippen molar-refractivity contribution in [2.45, 2.75) is 18.0 Å². The highest BCUT2D eigenvalue weighted by Crippen LogP contribution is 2.24. The lowest BCUT2D eigenvalue weighted by atomic mass is 10.1. The standard InChI is InChI=1S/C16H18Cl2N2O2S/c1-20(2)11-13-5-3-12(4-6-13)10-19-23(21,22)16-9-14(17)7-8-15(16)18/h3-9,19H,10-11H2,1-2H3/p+1. The van der Waals surface area contributed by atoms with Gasteiger partial charge in [0.15, 0.2) is 0 Å². The third-order valence-electron chi connectivity index (χ3n) is 3.23. The second-order valence-corrected chi connectivity index (χ2v) is 8.18. The molecule has 0 aliphatic carbocycles. The summed E-state index contributed by atoms with van der Waals surface area (Å²) in [5.41, 5.74) is 2.08. The van der Waals surface area contributed by atoms with Crippen LogP contribution in [0.25, 0.3) is 0 Å². The van der Waals surface area contributed by atoms with E-state index >= 15 is 0 Å². The first-order valence-corrected chi connectivity index (χ1v) is 9.33. The maximum atomic E-state index is 12.3. The van der Waals surface area contributed by atoms with E-state index < -0.39 is 10.0 Å². The summed E-state index contributed by atoms with van der Waals surface area (Å²) in [7, 11) is 0.449. The van der Waals surface area contributed by atoms with Gasteiger partial charge in [-0.25, -0.2) is 13.1 Å². The molecule has 124 valence electrons. The van der Waals surface area contributed by atoms with Gasteiger partial charge in [-0.3, -0.25) is 0 Å². The Balaban J connectivity index is 2.08. The number of hydrogen-bond donors (Lipinski definition) is 2. The van der Waals surface area contributed by atoms with E-state index in [4.69, 9.17) is 23.2 Å². The van der Waals surface area contributed by atoms with Crippen LogP contribution in [0.1, 0.15) is 11.1 Å². The lowest BCUT2D eigenvalue weighted by Gasteiger charge is -2.10. The zero-order chi connectivity index (χ0) is 17.0. The van der Waals surface area contributed by atoms with Crippen LogP contribution in [0.2, 0.25) is 10.0 Å². The molecule has 0 aliphatic rings. The summed E-state index contributed by atoms with van der Waals surface area (Å²) in [4.78, 5) is 1.31. The quantitative estimate of drug-likeness (QED) is 0.814. The molecule has 23 heavy (non-hydrogen) atoms. The first-order valence-electron chi connectivity index (χ1n) is 7.09. The molecule has 0 fully saturated rings. The van der Waals surface area contributed by atoms with Crippen LogP contribution in [0.15, 0.2) is 47.4 Å². The number of benzene rings is 2. The van der Waals surface area contributed by atoms with Gasteiger partial charge in [0.05, 0.1) is 19.1 Å². The molecule has 0 heterocycles. The smallest absolute Gasteiger partial charge is 0.242 e. The Kier molecular flexibility index (Phi) is 6.06. The monoisotopic (exact) mass is 373 g/mol. The van der Waals surface area contributed by atoms with Crippen molar-refractivity contribution in [1.82, 2.24) is 4.72 Å². The number of rotatable bonds is 6. The van der Waals surface area contributed by atoms with Gasteiger partial charge in [0.25, 0.3) is 0 Å². The predicted molar refractivity (Wildman–Crippen MR) is 93.4 cm³/mol. The molecule has 2 rings (SSSR count). The Bertz CT molecular complexity index is 775. The minimum Gasteiger partial charge on any atom is -0.336 e. The van der Waals surface area contributed by atoms with Crippen molar-refractivity contribution in [2.75, 3.05) is 14.1 Å². The van der Waals surface area contributed by atoms with Crippen LogP contribution in [-0.4, -0.2) is 22.5 Å². The van der Waals surface area contributed by atoms with E-state index in [-0.39, 0.29) is 16.5 Å². The molecule has 0 saturated heterocycles. The molecule has 0 atom stereocenters. The number of nitrogens with one attached hydrogen (secondary N) is 2. The fourth-order valence-electron chi connectivity index (χ4n) is 2.12. The molecule has 0 radical (unpaired) electrons. The predicted octanol–water partition coefficient (Wildman–Crippen LogP) is 2.12. The summed E-state index contributed by atoms with van der Waals surface area (Å²) < 4.78 is 27.2. The number of sulfonamides is 1. The third kappa shape index (κ3) is 5.19. The Morgan fingerprint density at radius 2 is 1.61 bits per heavy atom. The summed E-state index contributed by atoms with van der Waals surface area (Å²) in [6.45, 7) is 1.12. The van der Waals surface area contributed by atoms with Crippen LogP contribution in [0.3, 0.4) is 0 Å².